The summed E-state index contributed by atoms with van der Waals surface area (Å²) in [6.07, 6.45) is -0.00352. The molecule has 1 rings (SSSR count). The highest BCUT2D eigenvalue weighted by atomic mass is 16.5. The topological polar surface area (TPSA) is 81.4 Å². The molecular weight excluding hydrogens is 208 g/mol. The number of methoxy groups -OCH3 is 1. The van der Waals surface area contributed by atoms with E-state index in [1.807, 2.05) is 18.2 Å². The zero-order valence-electron chi connectivity index (χ0n) is 9.40. The number of carbonyl (C=O) groups excluding carboxylic acids is 2. The Morgan fingerprint density at radius 3 is 2.19 bits per heavy atom. The lowest BCUT2D eigenvalue weighted by Crippen LogP contribution is -2.10. The lowest BCUT2D eigenvalue weighted by Gasteiger charge is -2.01. The summed E-state index contributed by atoms with van der Waals surface area (Å²) in [6.45, 7) is 1.72. The fraction of sp³-hybridized carbons (Fsp3) is 0.273. The largest absolute Gasteiger partial charge is 0.453 e. The zero-order chi connectivity index (χ0) is 12.4. The van der Waals surface area contributed by atoms with Crippen molar-refractivity contribution in [3.63, 3.8) is 0 Å². The van der Waals surface area contributed by atoms with Crippen LogP contribution in [0, 0.1) is 0 Å². The molecule has 16 heavy (non-hydrogen) atoms. The predicted molar refractivity (Wildman–Crippen MR) is 62.0 cm³/mol. The number of carbonyl (C=O) groups is 2. The maximum absolute atomic E-state index is 10.6. The van der Waals surface area contributed by atoms with Crippen molar-refractivity contribution in [1.82, 2.24) is 0 Å². The molecule has 0 unspecified atom stereocenters. The number of ether oxygens (including phenoxy) is 1. The number of hydrogen-bond donors (Lipinski definition) is 2. The summed E-state index contributed by atoms with van der Waals surface area (Å²) in [4.78, 5) is 20.2. The van der Waals surface area contributed by atoms with Crippen molar-refractivity contribution < 1.29 is 14.3 Å². The average Bonchev–Trinajstić information content (AvgIpc) is 2.31. The quantitative estimate of drug-likeness (QED) is 0.802. The molecule has 0 aromatic heterocycles. The summed E-state index contributed by atoms with van der Waals surface area (Å²) < 4.78 is 4.40. The van der Waals surface area contributed by atoms with E-state index >= 15 is 0 Å². The number of amides is 2. The van der Waals surface area contributed by atoms with Gasteiger partial charge >= 0.3 is 6.09 Å². The SMILES string of the molecule is CCC(N)=O.COC(=O)Nc1ccccc1. The third-order valence-electron chi connectivity index (χ3n) is 1.55. The summed E-state index contributed by atoms with van der Waals surface area (Å²) in [6, 6.07) is 9.13. The van der Waals surface area contributed by atoms with Gasteiger partial charge in [0, 0.05) is 12.1 Å². The van der Waals surface area contributed by atoms with Gasteiger partial charge in [-0.15, -0.1) is 0 Å². The Morgan fingerprint density at radius 2 is 1.81 bits per heavy atom. The van der Waals surface area contributed by atoms with E-state index in [0.29, 0.717) is 6.42 Å². The number of primary amides is 1. The van der Waals surface area contributed by atoms with E-state index in [-0.39, 0.29) is 5.91 Å². The first-order chi connectivity index (χ1) is 7.60. The molecule has 0 saturated heterocycles. The monoisotopic (exact) mass is 224 g/mol. The molecule has 88 valence electrons. The average molecular weight is 224 g/mol. The number of rotatable bonds is 2. The highest BCUT2D eigenvalue weighted by Gasteiger charge is 1.96. The molecule has 0 spiro atoms. The minimum absolute atomic E-state index is 0.245. The predicted octanol–water partition coefficient (Wildman–Crippen LogP) is 1.75. The third kappa shape index (κ3) is 7.37. The summed E-state index contributed by atoms with van der Waals surface area (Å²) in [5, 5.41) is 2.53. The van der Waals surface area contributed by atoms with Crippen molar-refractivity contribution in [3.8, 4) is 0 Å². The number of nitrogens with two attached hydrogens (primary N) is 1. The van der Waals surface area contributed by atoms with Crippen molar-refractivity contribution in [3.05, 3.63) is 30.3 Å². The van der Waals surface area contributed by atoms with Crippen LogP contribution in [0.4, 0.5) is 10.5 Å². The van der Waals surface area contributed by atoms with Gasteiger partial charge in [-0.1, -0.05) is 25.1 Å². The molecule has 1 aromatic rings. The van der Waals surface area contributed by atoms with Gasteiger partial charge in [-0.2, -0.15) is 0 Å². The molecule has 0 aliphatic carbocycles. The molecule has 0 aliphatic rings. The van der Waals surface area contributed by atoms with Gasteiger partial charge in [-0.25, -0.2) is 4.79 Å². The van der Waals surface area contributed by atoms with Gasteiger partial charge in [0.15, 0.2) is 0 Å². The van der Waals surface area contributed by atoms with Crippen LogP contribution in [0.3, 0.4) is 0 Å². The number of nitrogens with one attached hydrogen (secondary N) is 1. The summed E-state index contributed by atoms with van der Waals surface area (Å²) in [5.74, 6) is -0.245. The molecule has 0 saturated carbocycles. The van der Waals surface area contributed by atoms with Gasteiger partial charge in [-0.05, 0) is 12.1 Å². The minimum Gasteiger partial charge on any atom is -0.453 e. The Bertz CT molecular complexity index is 325. The van der Waals surface area contributed by atoms with E-state index < -0.39 is 6.09 Å². The smallest absolute Gasteiger partial charge is 0.411 e. The maximum Gasteiger partial charge on any atom is 0.411 e. The zero-order valence-corrected chi connectivity index (χ0v) is 9.40. The molecule has 1 aromatic carbocycles. The van der Waals surface area contributed by atoms with Crippen LogP contribution in [0.15, 0.2) is 30.3 Å². The fourth-order valence-corrected chi connectivity index (χ4v) is 0.690. The summed E-state index contributed by atoms with van der Waals surface area (Å²) in [5.41, 5.74) is 5.39. The highest BCUT2D eigenvalue weighted by Crippen LogP contribution is 2.04. The number of anilines is 1. The van der Waals surface area contributed by atoms with Crippen molar-refractivity contribution in [2.75, 3.05) is 12.4 Å². The lowest BCUT2D eigenvalue weighted by atomic mass is 10.3. The van der Waals surface area contributed by atoms with Crippen LogP contribution < -0.4 is 11.1 Å². The minimum atomic E-state index is -0.448. The molecular formula is C11H16N2O3. The van der Waals surface area contributed by atoms with E-state index in [4.69, 9.17) is 0 Å². The Balaban J connectivity index is 0.000000385. The first kappa shape index (κ1) is 14.0. The normalized spacial score (nSPS) is 8.38. The Morgan fingerprint density at radius 1 is 1.31 bits per heavy atom. The molecule has 0 fully saturated rings. The van der Waals surface area contributed by atoms with E-state index in [2.05, 4.69) is 15.8 Å². The van der Waals surface area contributed by atoms with Gasteiger partial charge in [0.2, 0.25) is 5.91 Å². The lowest BCUT2D eigenvalue weighted by molar-refractivity contribution is -0.117. The van der Waals surface area contributed by atoms with Crippen LogP contribution in [0.2, 0.25) is 0 Å². The van der Waals surface area contributed by atoms with Crippen molar-refractivity contribution in [2.45, 2.75) is 13.3 Å². The van der Waals surface area contributed by atoms with Crippen LogP contribution in [0.5, 0.6) is 0 Å². The first-order valence-corrected chi connectivity index (χ1v) is 4.78. The van der Waals surface area contributed by atoms with Crippen LogP contribution in [-0.4, -0.2) is 19.1 Å². The van der Waals surface area contributed by atoms with Gasteiger partial charge in [-0.3, -0.25) is 10.1 Å². The molecule has 0 aliphatic heterocycles. The van der Waals surface area contributed by atoms with Crippen LogP contribution in [-0.2, 0) is 9.53 Å². The van der Waals surface area contributed by atoms with Crippen LogP contribution in [0.25, 0.3) is 0 Å². The Hall–Kier alpha value is -2.04. The van der Waals surface area contributed by atoms with Crippen LogP contribution in [0.1, 0.15) is 13.3 Å². The second kappa shape index (κ2) is 8.28. The maximum atomic E-state index is 10.6. The molecule has 0 atom stereocenters. The summed E-state index contributed by atoms with van der Waals surface area (Å²) >= 11 is 0. The van der Waals surface area contributed by atoms with Crippen molar-refractivity contribution >= 4 is 17.7 Å². The highest BCUT2D eigenvalue weighted by molar-refractivity contribution is 5.84. The standard InChI is InChI=1S/C8H9NO2.C3H7NO/c1-11-8(10)9-7-5-3-2-4-6-7;1-2-3(4)5/h2-6H,1H3,(H,9,10);2H2,1H3,(H2,4,5). The third-order valence-corrected chi connectivity index (χ3v) is 1.55. The first-order valence-electron chi connectivity index (χ1n) is 4.78. The number of hydrogen-bond acceptors (Lipinski definition) is 3. The van der Waals surface area contributed by atoms with E-state index in [9.17, 15) is 9.59 Å². The van der Waals surface area contributed by atoms with Crippen molar-refractivity contribution in [1.29, 1.82) is 0 Å². The van der Waals surface area contributed by atoms with Crippen LogP contribution >= 0.6 is 0 Å². The Kier molecular flexibility index (Phi) is 7.23. The second-order valence-electron chi connectivity index (χ2n) is 2.80. The van der Waals surface area contributed by atoms with Gasteiger partial charge in [0.1, 0.15) is 0 Å². The summed E-state index contributed by atoms with van der Waals surface area (Å²) in [7, 11) is 1.33. The Labute approximate surface area is 94.6 Å². The van der Waals surface area contributed by atoms with E-state index in [1.165, 1.54) is 7.11 Å². The molecule has 0 heterocycles. The molecule has 0 bridgehead atoms. The van der Waals surface area contributed by atoms with Gasteiger partial charge in [0.05, 0.1) is 7.11 Å². The number of para-hydroxylation sites is 1. The number of benzene rings is 1. The van der Waals surface area contributed by atoms with E-state index in [0.717, 1.165) is 5.69 Å². The van der Waals surface area contributed by atoms with E-state index in [1.54, 1.807) is 19.1 Å². The molecule has 5 heteroatoms. The van der Waals surface area contributed by atoms with Gasteiger partial charge < -0.3 is 10.5 Å². The van der Waals surface area contributed by atoms with Gasteiger partial charge in [0.25, 0.3) is 0 Å². The molecule has 5 nitrogen and oxygen atoms in total. The van der Waals surface area contributed by atoms with Crippen molar-refractivity contribution in [2.24, 2.45) is 5.73 Å². The molecule has 3 N–H and O–H groups in total. The second-order valence-corrected chi connectivity index (χ2v) is 2.80. The molecule has 0 radical (unpaired) electrons. The molecule has 2 amide bonds. The fourth-order valence-electron chi connectivity index (χ4n) is 0.690.